The van der Waals surface area contributed by atoms with Crippen molar-refractivity contribution in [1.29, 1.82) is 0 Å². The van der Waals surface area contributed by atoms with Crippen molar-refractivity contribution in [3.8, 4) is 0 Å². The van der Waals surface area contributed by atoms with Crippen LogP contribution in [0.15, 0.2) is 65.3 Å². The molecule has 6 nitrogen and oxygen atoms in total. The van der Waals surface area contributed by atoms with Gasteiger partial charge in [0.2, 0.25) is 0 Å². The maximum atomic E-state index is 7.01. The van der Waals surface area contributed by atoms with Gasteiger partial charge in [-0.1, -0.05) is 132 Å². The molecule has 7 aromatic rings. The Morgan fingerprint density at radius 3 is 0.828 bits per heavy atom. The van der Waals surface area contributed by atoms with Crippen molar-refractivity contribution in [3.63, 3.8) is 0 Å². The van der Waals surface area contributed by atoms with Crippen LogP contribution in [0.5, 0.6) is 0 Å². The Balaban J connectivity index is 1.34. The molecule has 0 N–H and O–H groups in total. The van der Waals surface area contributed by atoms with Crippen LogP contribution >= 0.6 is 16.5 Å². The van der Waals surface area contributed by atoms with Crippen molar-refractivity contribution in [2.75, 3.05) is 0 Å². The maximum absolute atomic E-state index is 7.01. The van der Waals surface area contributed by atoms with Gasteiger partial charge in [0.15, 0.2) is 0 Å². The average molecular weight is 903 g/mol. The van der Waals surface area contributed by atoms with Gasteiger partial charge in [0.25, 0.3) is 0 Å². The summed E-state index contributed by atoms with van der Waals surface area (Å²) in [5.41, 5.74) is 19.0. The minimum Gasteiger partial charge on any atom is -0.399 e. The number of rotatable bonds is 6. The first-order chi connectivity index (χ1) is 29.6. The molecule has 0 saturated heterocycles. The SMILES string of the molecule is Cc1cc(C(C)(C)C)c2op(OCc3cccc(COp4oc5c(C(C)(C)C)cc(C)c(C)c5c5c(C)c(C)cc(C(C)(C)C)c5o4)c3)oc3c(C(C)(C)C)cc(C)c(C)c3c2c1C. The zero-order valence-electron chi connectivity index (χ0n) is 42.4. The van der Waals surface area contributed by atoms with Crippen LogP contribution in [0.2, 0.25) is 0 Å². The Labute approximate surface area is 384 Å². The van der Waals surface area contributed by atoms with Crippen LogP contribution in [0, 0.1) is 55.4 Å². The summed E-state index contributed by atoms with van der Waals surface area (Å²) in [4.78, 5) is 0. The van der Waals surface area contributed by atoms with Crippen LogP contribution < -0.4 is 9.05 Å². The lowest BCUT2D eigenvalue weighted by Crippen LogP contribution is -2.13. The number of aryl methyl sites for hydroxylation is 8. The summed E-state index contributed by atoms with van der Waals surface area (Å²) in [6.45, 7) is 45.1. The van der Waals surface area contributed by atoms with E-state index in [1.165, 1.54) is 44.5 Å². The summed E-state index contributed by atoms with van der Waals surface area (Å²) in [5.74, 6) is 0. The number of fused-ring (bicyclic) bond motifs is 6. The lowest BCUT2D eigenvalue weighted by Gasteiger charge is -2.23. The smallest absolute Gasteiger partial charge is 0.387 e. The molecule has 0 fully saturated rings. The summed E-state index contributed by atoms with van der Waals surface area (Å²) < 4.78 is 41.5. The van der Waals surface area contributed by atoms with Gasteiger partial charge in [0, 0.05) is 43.8 Å². The third-order valence-corrected chi connectivity index (χ3v) is 15.3. The molecule has 64 heavy (non-hydrogen) atoms. The normalized spacial score (nSPS) is 12.9. The standard InChI is InChI=1S/C56H72O6P2/c1-31-24-41(53(9,10)11)49-45(35(31)5)46-36(6)32(2)25-42(54(12,13)14)50(46)60-63(59-49)57-29-39-22-21-23-40(28-39)30-58-64-61-51-43(55(15,16)17)26-33(3)37(7)47(51)48-38(8)34(4)27-44(52(48)62-64)56(18,19)20/h21-28H,29-30H2,1-20H3. The van der Waals surface area contributed by atoms with Crippen molar-refractivity contribution >= 4 is 60.4 Å². The van der Waals surface area contributed by atoms with Crippen molar-refractivity contribution in [2.24, 2.45) is 0 Å². The van der Waals surface area contributed by atoms with Crippen molar-refractivity contribution in [2.45, 2.75) is 173 Å². The second-order valence-electron chi connectivity index (χ2n) is 22.5. The maximum Gasteiger partial charge on any atom is 0.387 e. The number of benzene rings is 5. The lowest BCUT2D eigenvalue weighted by molar-refractivity contribution is 0.357. The molecule has 0 radical (unpaired) electrons. The molecule has 0 spiro atoms. The second kappa shape index (κ2) is 16.9. The average Bonchev–Trinajstić information content (AvgIpc) is 3.46. The van der Waals surface area contributed by atoms with Crippen LogP contribution in [0.25, 0.3) is 43.9 Å². The summed E-state index contributed by atoms with van der Waals surface area (Å²) in [5, 5.41) is 4.42. The number of hydrogen-bond donors (Lipinski definition) is 0. The van der Waals surface area contributed by atoms with Crippen LogP contribution in [0.3, 0.4) is 0 Å². The Bertz CT molecular complexity index is 2680. The van der Waals surface area contributed by atoms with E-state index < -0.39 is 16.5 Å². The van der Waals surface area contributed by atoms with E-state index in [4.69, 9.17) is 25.8 Å². The molecular weight excluding hydrogens is 831 g/mol. The van der Waals surface area contributed by atoms with Gasteiger partial charge in [0.1, 0.15) is 22.3 Å². The molecule has 5 aromatic carbocycles. The topological polar surface area (TPSA) is 71.0 Å². The molecule has 0 aliphatic carbocycles. The third kappa shape index (κ3) is 9.02. The fraction of sp³-hybridized carbons (Fsp3) is 0.464. The summed E-state index contributed by atoms with van der Waals surface area (Å²) in [6.07, 6.45) is 0. The molecule has 8 heteroatoms. The van der Waals surface area contributed by atoms with Gasteiger partial charge in [-0.05, 0) is 133 Å². The first-order valence-electron chi connectivity index (χ1n) is 22.8. The molecule has 0 aliphatic heterocycles. The van der Waals surface area contributed by atoms with E-state index in [0.29, 0.717) is 13.2 Å². The minimum absolute atomic E-state index is 0.179. The van der Waals surface area contributed by atoms with Crippen LogP contribution in [0.4, 0.5) is 0 Å². The highest BCUT2D eigenvalue weighted by atomic mass is 31.1. The summed E-state index contributed by atoms with van der Waals surface area (Å²) in [6, 6.07) is 17.5. The summed E-state index contributed by atoms with van der Waals surface area (Å²) in [7, 11) is -3.70. The molecule has 0 bridgehead atoms. The fourth-order valence-electron chi connectivity index (χ4n) is 8.89. The van der Waals surface area contributed by atoms with Crippen LogP contribution in [-0.2, 0) is 34.9 Å². The highest BCUT2D eigenvalue weighted by Gasteiger charge is 2.29. The van der Waals surface area contributed by atoms with Crippen molar-refractivity contribution in [3.05, 3.63) is 126 Å². The quantitative estimate of drug-likeness (QED) is 0.166. The van der Waals surface area contributed by atoms with E-state index in [1.54, 1.807) is 0 Å². The van der Waals surface area contributed by atoms with Gasteiger partial charge >= 0.3 is 16.5 Å². The van der Waals surface area contributed by atoms with Crippen molar-refractivity contribution < 1.29 is 25.8 Å². The molecule has 0 aliphatic rings. The van der Waals surface area contributed by atoms with E-state index in [1.807, 2.05) is 0 Å². The van der Waals surface area contributed by atoms with Crippen LogP contribution in [-0.4, -0.2) is 0 Å². The van der Waals surface area contributed by atoms with E-state index in [-0.39, 0.29) is 21.7 Å². The number of hydrogen-bond acceptors (Lipinski definition) is 6. The fourth-order valence-corrected chi connectivity index (χ4v) is 11.0. The summed E-state index contributed by atoms with van der Waals surface area (Å²) >= 11 is 0. The molecule has 2 aromatic heterocycles. The molecule has 2 heterocycles. The molecule has 342 valence electrons. The van der Waals surface area contributed by atoms with Gasteiger partial charge < -0.3 is 16.8 Å². The second-order valence-corrected chi connectivity index (χ2v) is 24.6. The first-order valence-corrected chi connectivity index (χ1v) is 25.0. The lowest BCUT2D eigenvalue weighted by atomic mass is 9.81. The predicted octanol–water partition coefficient (Wildman–Crippen LogP) is 17.8. The zero-order valence-corrected chi connectivity index (χ0v) is 44.2. The van der Waals surface area contributed by atoms with E-state index in [9.17, 15) is 0 Å². The first kappa shape index (κ1) is 47.8. The molecule has 0 unspecified atom stereocenters. The molecule has 0 amide bonds. The molecule has 7 rings (SSSR count). The van der Waals surface area contributed by atoms with Crippen LogP contribution in [0.1, 0.15) is 161 Å². The van der Waals surface area contributed by atoms with E-state index >= 15 is 0 Å². The monoisotopic (exact) mass is 902 g/mol. The Morgan fingerprint density at radius 1 is 0.375 bits per heavy atom. The van der Waals surface area contributed by atoms with Gasteiger partial charge in [-0.2, -0.15) is 0 Å². The van der Waals surface area contributed by atoms with Gasteiger partial charge in [0.05, 0.1) is 13.2 Å². The van der Waals surface area contributed by atoms with Gasteiger partial charge in [-0.25, -0.2) is 0 Å². The van der Waals surface area contributed by atoms with Gasteiger partial charge in [-0.3, -0.25) is 9.05 Å². The Morgan fingerprint density at radius 2 is 0.609 bits per heavy atom. The molecular formula is C56H72O6P2. The molecule has 0 saturated carbocycles. The Kier molecular flexibility index (Phi) is 12.6. The third-order valence-electron chi connectivity index (χ3n) is 13.3. The Hall–Kier alpha value is -4.18. The zero-order chi connectivity index (χ0) is 47.2. The minimum atomic E-state index is -1.85. The van der Waals surface area contributed by atoms with Gasteiger partial charge in [-0.15, -0.1) is 0 Å². The molecule has 0 atom stereocenters. The van der Waals surface area contributed by atoms with E-state index in [2.05, 4.69) is 187 Å². The highest BCUT2D eigenvalue weighted by Crippen LogP contribution is 2.47. The highest BCUT2D eigenvalue weighted by molar-refractivity contribution is 7.32. The van der Waals surface area contributed by atoms with E-state index in [0.717, 1.165) is 77.3 Å². The largest absolute Gasteiger partial charge is 0.399 e. The predicted molar refractivity (Wildman–Crippen MR) is 272 cm³/mol. The van der Waals surface area contributed by atoms with Crippen molar-refractivity contribution in [1.82, 2.24) is 0 Å².